The quantitative estimate of drug-likeness (QED) is 0.799. The summed E-state index contributed by atoms with van der Waals surface area (Å²) in [5.41, 5.74) is 0.539. The third kappa shape index (κ3) is 2.52. The Kier molecular flexibility index (Phi) is 3.64. The maximum absolute atomic E-state index is 11.8. The van der Waals surface area contributed by atoms with Crippen LogP contribution in [0.3, 0.4) is 0 Å². The molecule has 1 aliphatic heterocycles. The predicted octanol–water partition coefficient (Wildman–Crippen LogP) is 2.54. The minimum atomic E-state index is -3.06. The van der Waals surface area contributed by atoms with Gasteiger partial charge >= 0.3 is 0 Å². The van der Waals surface area contributed by atoms with Gasteiger partial charge < -0.3 is 0 Å². The Hall–Kier alpha value is -0.880. The summed E-state index contributed by atoms with van der Waals surface area (Å²) in [6.45, 7) is 1.85. The molecular weight excluding hydrogens is 312 g/mol. The van der Waals surface area contributed by atoms with Crippen LogP contribution < -0.4 is 0 Å². The van der Waals surface area contributed by atoms with Gasteiger partial charge in [0.25, 0.3) is 0 Å². The average molecular weight is 331 g/mol. The van der Waals surface area contributed by atoms with Crippen molar-refractivity contribution in [3.05, 3.63) is 16.4 Å². The van der Waals surface area contributed by atoms with Crippen LogP contribution in [-0.4, -0.2) is 36.0 Å². The van der Waals surface area contributed by atoms with Gasteiger partial charge in [0.15, 0.2) is 16.1 Å². The zero-order chi connectivity index (χ0) is 15.3. The lowest BCUT2D eigenvalue weighted by Gasteiger charge is -2.23. The van der Waals surface area contributed by atoms with Gasteiger partial charge in [-0.2, -0.15) is 5.10 Å². The zero-order valence-electron chi connectivity index (χ0n) is 12.0. The second kappa shape index (κ2) is 5.09. The Morgan fingerprint density at radius 2 is 2.05 bits per heavy atom. The third-order valence-corrected chi connectivity index (χ3v) is 7.00. The van der Waals surface area contributed by atoms with E-state index in [1.54, 1.807) is 4.68 Å². The Bertz CT molecular complexity index is 677. The third-order valence-electron chi connectivity index (χ3n) is 4.75. The molecule has 1 aromatic rings. The molecule has 0 N–H and O–H groups in total. The van der Waals surface area contributed by atoms with E-state index in [9.17, 15) is 13.2 Å². The molecule has 21 heavy (non-hydrogen) atoms. The second-order valence-corrected chi connectivity index (χ2v) is 8.98. The number of sulfone groups is 1. The minimum Gasteiger partial charge on any atom is -0.298 e. The van der Waals surface area contributed by atoms with E-state index in [0.29, 0.717) is 12.0 Å². The zero-order valence-corrected chi connectivity index (χ0v) is 13.6. The van der Waals surface area contributed by atoms with Crippen molar-refractivity contribution in [2.45, 2.75) is 50.5 Å². The SMILES string of the molecule is CC1(n2nc(C3CCCC3)c(C=O)c2Cl)CCS(=O)(=O)C1. The van der Waals surface area contributed by atoms with Crippen LogP contribution in [0.15, 0.2) is 0 Å². The molecule has 2 aliphatic rings. The van der Waals surface area contributed by atoms with Crippen molar-refractivity contribution in [2.24, 2.45) is 0 Å². The highest BCUT2D eigenvalue weighted by molar-refractivity contribution is 7.91. The lowest BCUT2D eigenvalue weighted by atomic mass is 10.0. The van der Waals surface area contributed by atoms with Crippen molar-refractivity contribution < 1.29 is 13.2 Å². The van der Waals surface area contributed by atoms with E-state index in [1.807, 2.05) is 6.92 Å². The van der Waals surface area contributed by atoms with Gasteiger partial charge in [-0.15, -0.1) is 0 Å². The van der Waals surface area contributed by atoms with Gasteiger partial charge in [0, 0.05) is 5.92 Å². The Morgan fingerprint density at radius 1 is 1.38 bits per heavy atom. The van der Waals surface area contributed by atoms with Crippen LogP contribution in [0, 0.1) is 0 Å². The minimum absolute atomic E-state index is 0.0316. The van der Waals surface area contributed by atoms with Gasteiger partial charge in [-0.3, -0.25) is 4.79 Å². The maximum atomic E-state index is 11.8. The number of carbonyl (C=O) groups excluding carboxylic acids is 1. The molecule has 116 valence electrons. The number of hydrogen-bond acceptors (Lipinski definition) is 4. The Labute approximate surface area is 129 Å². The van der Waals surface area contributed by atoms with Crippen LogP contribution in [0.4, 0.5) is 0 Å². The molecule has 1 unspecified atom stereocenters. The van der Waals surface area contributed by atoms with Crippen LogP contribution in [0.25, 0.3) is 0 Å². The van der Waals surface area contributed by atoms with E-state index in [4.69, 9.17) is 11.6 Å². The van der Waals surface area contributed by atoms with Gasteiger partial charge in [-0.1, -0.05) is 24.4 Å². The molecule has 1 aliphatic carbocycles. The molecule has 0 spiro atoms. The van der Waals surface area contributed by atoms with Gasteiger partial charge in [-0.05, 0) is 26.2 Å². The van der Waals surface area contributed by atoms with E-state index in [2.05, 4.69) is 5.10 Å². The predicted molar refractivity (Wildman–Crippen MR) is 80.8 cm³/mol. The molecule has 0 aromatic carbocycles. The summed E-state index contributed by atoms with van der Waals surface area (Å²) in [5.74, 6) is 0.448. The summed E-state index contributed by atoms with van der Waals surface area (Å²) in [5, 5.41) is 4.85. The van der Waals surface area contributed by atoms with Crippen LogP contribution in [0.2, 0.25) is 5.15 Å². The molecule has 3 rings (SSSR count). The Morgan fingerprint density at radius 3 is 2.57 bits per heavy atom. The number of rotatable bonds is 3. The van der Waals surface area contributed by atoms with E-state index < -0.39 is 15.4 Å². The van der Waals surface area contributed by atoms with Crippen molar-refractivity contribution >= 4 is 27.7 Å². The van der Waals surface area contributed by atoms with Crippen LogP contribution in [-0.2, 0) is 15.4 Å². The molecular formula is C14H19ClN2O3S. The number of carbonyl (C=O) groups is 1. The fourth-order valence-electron chi connectivity index (χ4n) is 3.55. The van der Waals surface area contributed by atoms with Gasteiger partial charge in [0.1, 0.15) is 5.15 Å². The first kappa shape index (κ1) is 15.0. The fourth-order valence-corrected chi connectivity index (χ4v) is 6.05. The number of hydrogen-bond donors (Lipinski definition) is 0. The second-order valence-electron chi connectivity index (χ2n) is 6.44. The molecule has 0 bridgehead atoms. The first-order valence-corrected chi connectivity index (χ1v) is 9.51. The first-order valence-electron chi connectivity index (χ1n) is 7.31. The number of nitrogens with zero attached hydrogens (tertiary/aromatic N) is 2. The molecule has 5 nitrogen and oxygen atoms in total. The molecule has 1 atom stereocenters. The number of aldehydes is 1. The molecule has 0 amide bonds. The average Bonchev–Trinajstić information content (AvgIpc) is 3.08. The number of halogens is 1. The van der Waals surface area contributed by atoms with Crippen LogP contribution in [0.5, 0.6) is 0 Å². The van der Waals surface area contributed by atoms with Crippen molar-refractivity contribution in [2.75, 3.05) is 11.5 Å². The lowest BCUT2D eigenvalue weighted by Crippen LogP contribution is -2.32. The fraction of sp³-hybridized carbons (Fsp3) is 0.714. The van der Waals surface area contributed by atoms with Gasteiger partial charge in [-0.25, -0.2) is 13.1 Å². The maximum Gasteiger partial charge on any atom is 0.155 e. The topological polar surface area (TPSA) is 69.0 Å². The Balaban J connectivity index is 2.06. The summed E-state index contributed by atoms with van der Waals surface area (Å²) in [7, 11) is -3.06. The smallest absolute Gasteiger partial charge is 0.155 e. The van der Waals surface area contributed by atoms with Crippen LogP contribution >= 0.6 is 11.6 Å². The first-order chi connectivity index (χ1) is 9.86. The number of aromatic nitrogens is 2. The summed E-state index contributed by atoms with van der Waals surface area (Å²) < 4.78 is 25.2. The highest BCUT2D eigenvalue weighted by Gasteiger charge is 2.43. The normalized spacial score (nSPS) is 29.0. The van der Waals surface area contributed by atoms with E-state index >= 15 is 0 Å². The van der Waals surface area contributed by atoms with Crippen molar-refractivity contribution in [1.82, 2.24) is 9.78 Å². The van der Waals surface area contributed by atoms with E-state index in [-0.39, 0.29) is 22.6 Å². The van der Waals surface area contributed by atoms with Crippen molar-refractivity contribution in [1.29, 1.82) is 0 Å². The highest BCUT2D eigenvalue weighted by atomic mass is 35.5. The summed E-state index contributed by atoms with van der Waals surface area (Å²) >= 11 is 6.35. The monoisotopic (exact) mass is 330 g/mol. The highest BCUT2D eigenvalue weighted by Crippen LogP contribution is 2.40. The molecule has 2 heterocycles. The largest absolute Gasteiger partial charge is 0.298 e. The molecule has 1 saturated carbocycles. The standard InChI is InChI=1S/C14H19ClN2O3S/c1-14(6-7-21(19,20)9-14)17-13(15)11(8-18)12(16-17)10-4-2-3-5-10/h8,10H,2-7,9H2,1H3. The molecule has 0 radical (unpaired) electrons. The van der Waals surface area contributed by atoms with Gasteiger partial charge in [0.2, 0.25) is 0 Å². The van der Waals surface area contributed by atoms with Crippen molar-refractivity contribution in [3.8, 4) is 0 Å². The molecule has 7 heteroatoms. The molecule has 2 fully saturated rings. The summed E-state index contributed by atoms with van der Waals surface area (Å²) in [6, 6.07) is 0. The van der Waals surface area contributed by atoms with Gasteiger partial charge in [0.05, 0.1) is 28.3 Å². The molecule has 1 aromatic heterocycles. The van der Waals surface area contributed by atoms with Crippen LogP contribution in [0.1, 0.15) is 61.0 Å². The lowest BCUT2D eigenvalue weighted by molar-refractivity contribution is 0.112. The molecule has 1 saturated heterocycles. The van der Waals surface area contributed by atoms with E-state index in [0.717, 1.165) is 37.7 Å². The summed E-state index contributed by atoms with van der Waals surface area (Å²) in [6.07, 6.45) is 5.55. The van der Waals surface area contributed by atoms with E-state index in [1.165, 1.54) is 0 Å². The van der Waals surface area contributed by atoms with Crippen molar-refractivity contribution in [3.63, 3.8) is 0 Å². The summed E-state index contributed by atoms with van der Waals surface area (Å²) in [4.78, 5) is 11.4.